The molecule has 5 heterocycles. The number of halogens is 2. The maximum absolute atomic E-state index is 4.19. The predicted molar refractivity (Wildman–Crippen MR) is 123 cm³/mol. The Morgan fingerprint density at radius 2 is 1.00 bits per heavy atom. The molecule has 1 aliphatic heterocycles. The molecule has 152 valence electrons. The average Bonchev–Trinajstić information content (AvgIpc) is 2.88. The normalized spacial score (nSPS) is 10.3. The van der Waals surface area contributed by atoms with Gasteiger partial charge in [0.1, 0.15) is 0 Å². The topological polar surface area (TPSA) is 33.5 Å². The Bertz CT molecular complexity index is 929. The van der Waals surface area contributed by atoms with Gasteiger partial charge in [-0.3, -0.25) is 9.97 Å². The number of hydrogen-bond donors (Lipinski definition) is 0. The van der Waals surface area contributed by atoms with Crippen LogP contribution in [0.1, 0.15) is 0 Å². The summed E-state index contributed by atoms with van der Waals surface area (Å²) < 4.78 is 4.60. The number of nitrogens with zero attached hydrogens (tertiary/aromatic N) is 4. The highest BCUT2D eigenvalue weighted by Crippen LogP contribution is 2.12. The maximum Gasteiger partial charge on any atom is 0.277 e. The van der Waals surface area contributed by atoms with E-state index in [2.05, 4.69) is 103 Å². The van der Waals surface area contributed by atoms with Gasteiger partial charge in [0.15, 0.2) is 12.4 Å². The minimum Gasteiger partial charge on any atom is -0.255 e. The van der Waals surface area contributed by atoms with Gasteiger partial charge in [0.25, 0.3) is 11.4 Å². The molecule has 0 aromatic carbocycles. The maximum atomic E-state index is 4.19. The van der Waals surface area contributed by atoms with Crippen molar-refractivity contribution < 1.29 is 9.13 Å². The summed E-state index contributed by atoms with van der Waals surface area (Å²) in [6.07, 6.45) is 7.83. The number of hydrogen-bond acceptors (Lipinski definition) is 2. The number of aryl methyl sites for hydroxylation is 2. The van der Waals surface area contributed by atoms with E-state index in [9.17, 15) is 0 Å². The van der Waals surface area contributed by atoms with Crippen molar-refractivity contribution >= 4 is 21.7 Å². The molecule has 4 aromatic rings. The summed E-state index contributed by atoms with van der Waals surface area (Å²) in [5, 5.41) is 0. The molecular weight excluding hydrogens is 415 g/mol. The zero-order chi connectivity index (χ0) is 21.6. The van der Waals surface area contributed by atoms with Crippen molar-refractivity contribution in [2.24, 2.45) is 0 Å². The molecule has 0 saturated carbocycles. The molecule has 0 amide bonds. The van der Waals surface area contributed by atoms with Crippen molar-refractivity contribution in [1.82, 2.24) is 9.97 Å². The molecular formula is C24H24Cl2N4+2. The Balaban J connectivity index is 0.000000185. The monoisotopic (exact) mass is 438 g/mol. The minimum absolute atomic E-state index is 0.915. The standard InChI is InChI=1S/C12H12N2.C10H8N2.C2H4.Cl2/c1-3-7-13-9-10-14-8-4-2-6-12(14)11(13)5-1;1-3-7-11-9(5-1)10-6-2-4-8-12-10;2*1-2/h1-8H,9-10H2;1-8H;1-2H2;/q+2;;;. The van der Waals surface area contributed by atoms with Gasteiger partial charge in [0.2, 0.25) is 13.1 Å². The van der Waals surface area contributed by atoms with E-state index >= 15 is 0 Å². The second-order valence-electron chi connectivity index (χ2n) is 5.99. The van der Waals surface area contributed by atoms with Gasteiger partial charge < -0.3 is 0 Å². The quantitative estimate of drug-likeness (QED) is 0.299. The Morgan fingerprint density at radius 3 is 1.37 bits per heavy atom. The zero-order valence-corrected chi connectivity index (χ0v) is 18.1. The van der Waals surface area contributed by atoms with E-state index in [1.54, 1.807) is 12.4 Å². The third-order valence-electron chi connectivity index (χ3n) is 4.32. The van der Waals surface area contributed by atoms with Crippen molar-refractivity contribution in [2.75, 3.05) is 0 Å². The van der Waals surface area contributed by atoms with Gasteiger partial charge in [0.05, 0.1) is 11.4 Å². The molecule has 4 aromatic heterocycles. The van der Waals surface area contributed by atoms with Crippen LogP contribution in [0.25, 0.3) is 22.8 Å². The Kier molecular flexibility index (Phi) is 10.2. The lowest BCUT2D eigenvalue weighted by Gasteiger charge is -2.08. The smallest absolute Gasteiger partial charge is 0.255 e. The first-order chi connectivity index (χ1) is 14.9. The first-order valence-corrected chi connectivity index (χ1v) is 10.5. The largest absolute Gasteiger partial charge is 0.277 e. The van der Waals surface area contributed by atoms with Crippen molar-refractivity contribution in [3.8, 4) is 22.8 Å². The van der Waals surface area contributed by atoms with E-state index in [-0.39, 0.29) is 0 Å². The second kappa shape index (κ2) is 13.2. The lowest BCUT2D eigenvalue weighted by molar-refractivity contribution is -0.794. The molecule has 0 spiro atoms. The summed E-state index contributed by atoms with van der Waals surface area (Å²) in [5.74, 6) is 0. The fourth-order valence-corrected chi connectivity index (χ4v) is 3.05. The summed E-state index contributed by atoms with van der Waals surface area (Å²) in [5.41, 5.74) is 4.44. The molecule has 0 radical (unpaired) electrons. The highest BCUT2D eigenvalue weighted by molar-refractivity contribution is 6.85. The number of rotatable bonds is 1. The van der Waals surface area contributed by atoms with Gasteiger partial charge in [-0.05, 0) is 36.4 Å². The van der Waals surface area contributed by atoms with E-state index in [0.29, 0.717) is 0 Å². The van der Waals surface area contributed by atoms with Crippen LogP contribution in [-0.2, 0) is 13.1 Å². The molecule has 0 unspecified atom stereocenters. The fraction of sp³-hybridized carbons (Fsp3) is 0.0833. The average molecular weight is 439 g/mol. The molecule has 1 aliphatic rings. The molecule has 5 rings (SSSR count). The van der Waals surface area contributed by atoms with Crippen molar-refractivity contribution in [2.45, 2.75) is 13.1 Å². The van der Waals surface area contributed by atoms with Crippen molar-refractivity contribution in [1.29, 1.82) is 0 Å². The van der Waals surface area contributed by atoms with E-state index in [4.69, 9.17) is 0 Å². The summed E-state index contributed by atoms with van der Waals surface area (Å²) in [6.45, 7) is 8.13. The minimum atomic E-state index is 0.915. The molecule has 0 atom stereocenters. The van der Waals surface area contributed by atoms with E-state index in [1.807, 2.05) is 36.4 Å². The Hall–Kier alpha value is -3.08. The molecule has 6 heteroatoms. The lowest BCUT2D eigenvalue weighted by Crippen LogP contribution is -2.52. The molecule has 0 bridgehead atoms. The van der Waals surface area contributed by atoms with E-state index < -0.39 is 0 Å². The number of pyridine rings is 4. The zero-order valence-electron chi connectivity index (χ0n) is 16.6. The highest BCUT2D eigenvalue weighted by Gasteiger charge is 2.27. The first-order valence-electron chi connectivity index (χ1n) is 9.36. The van der Waals surface area contributed by atoms with Crippen molar-refractivity contribution in [3.63, 3.8) is 0 Å². The van der Waals surface area contributed by atoms with Crippen LogP contribution in [0.15, 0.2) is 111 Å². The summed E-state index contributed by atoms with van der Waals surface area (Å²) in [6, 6.07) is 24.3. The van der Waals surface area contributed by atoms with Crippen LogP contribution in [0.3, 0.4) is 0 Å². The van der Waals surface area contributed by atoms with Crippen LogP contribution < -0.4 is 9.13 Å². The van der Waals surface area contributed by atoms with Crippen LogP contribution in [0.5, 0.6) is 0 Å². The van der Waals surface area contributed by atoms with Gasteiger partial charge in [-0.2, -0.15) is 9.13 Å². The molecule has 0 fully saturated rings. The fourth-order valence-electron chi connectivity index (χ4n) is 3.05. The van der Waals surface area contributed by atoms with Crippen LogP contribution in [0.2, 0.25) is 0 Å². The summed E-state index contributed by atoms with van der Waals surface area (Å²) >= 11 is 0. The molecule has 30 heavy (non-hydrogen) atoms. The third kappa shape index (κ3) is 6.21. The third-order valence-corrected chi connectivity index (χ3v) is 4.32. The van der Waals surface area contributed by atoms with Gasteiger partial charge in [-0.25, -0.2) is 0 Å². The summed E-state index contributed by atoms with van der Waals surface area (Å²) in [7, 11) is 8.22. The second-order valence-corrected chi connectivity index (χ2v) is 5.99. The van der Waals surface area contributed by atoms with E-state index in [1.165, 1.54) is 11.4 Å². The van der Waals surface area contributed by atoms with Crippen molar-refractivity contribution in [3.05, 3.63) is 111 Å². The molecule has 0 aliphatic carbocycles. The molecule has 0 saturated heterocycles. The Morgan fingerprint density at radius 1 is 0.600 bits per heavy atom. The van der Waals surface area contributed by atoms with Gasteiger partial charge in [-0.1, -0.05) is 12.1 Å². The molecule has 4 nitrogen and oxygen atoms in total. The van der Waals surface area contributed by atoms with Crippen LogP contribution in [0, 0.1) is 0 Å². The van der Waals surface area contributed by atoms with Gasteiger partial charge in [0, 0.05) is 58.4 Å². The summed E-state index contributed by atoms with van der Waals surface area (Å²) in [4.78, 5) is 8.37. The predicted octanol–water partition coefficient (Wildman–Crippen LogP) is 5.27. The lowest BCUT2D eigenvalue weighted by atomic mass is 10.2. The van der Waals surface area contributed by atoms with Gasteiger partial charge in [-0.15, -0.1) is 13.2 Å². The van der Waals surface area contributed by atoms with Crippen LogP contribution in [-0.4, -0.2) is 9.97 Å². The Labute approximate surface area is 187 Å². The molecule has 0 N–H and O–H groups in total. The number of fused-ring (bicyclic) bond motifs is 3. The SMILES string of the molecule is C=C.ClCl.c1cc[n+]2c(c1)-c1cccc[n+]1CC2.c1ccc(-c2ccccn2)nc1. The number of aromatic nitrogens is 4. The first kappa shape index (κ1) is 23.2. The van der Waals surface area contributed by atoms with E-state index in [0.717, 1.165) is 24.5 Å². The van der Waals surface area contributed by atoms with Gasteiger partial charge >= 0.3 is 0 Å². The highest BCUT2D eigenvalue weighted by atomic mass is 36.5. The van der Waals surface area contributed by atoms with Crippen LogP contribution in [0.4, 0.5) is 0 Å². The van der Waals surface area contributed by atoms with Crippen LogP contribution >= 0.6 is 21.7 Å².